The largest absolute Gasteiger partial charge is 0.507 e. The lowest BCUT2D eigenvalue weighted by molar-refractivity contribution is 0.0515. The summed E-state index contributed by atoms with van der Waals surface area (Å²) < 4.78 is 17.8. The van der Waals surface area contributed by atoms with E-state index in [0.29, 0.717) is 28.1 Å². The molecule has 1 saturated heterocycles. The zero-order chi connectivity index (χ0) is 26.4. The standard InChI is InChI=1S/C27H29ClFN5O3/c1-16-14-33(7-6-30-16)24-11-18(15-32(3)26(24)36)21-13-19(29)12-20(25(21)35)17-4-5-23(22(28)10-17)34-9-8-31(2)27(34)37/h4-5,8-13,15-16,26,30,35-36H,6-7,14H2,1-3H3/t16-,26?/m1/s1. The van der Waals surface area contributed by atoms with Crippen LogP contribution in [0.25, 0.3) is 22.4 Å². The summed E-state index contributed by atoms with van der Waals surface area (Å²) in [5.41, 5.74) is 2.57. The molecule has 37 heavy (non-hydrogen) atoms. The Hall–Kier alpha value is -3.53. The number of piperazine rings is 1. The molecule has 3 aromatic rings. The van der Waals surface area contributed by atoms with Crippen molar-refractivity contribution in [2.24, 2.45) is 7.05 Å². The van der Waals surface area contributed by atoms with Crippen molar-refractivity contribution in [2.45, 2.75) is 19.2 Å². The number of phenolic OH excluding ortho intramolecular Hbond substituents is 1. The Balaban J connectivity index is 1.55. The fourth-order valence-corrected chi connectivity index (χ4v) is 5.17. The molecule has 194 valence electrons. The fourth-order valence-electron chi connectivity index (χ4n) is 4.90. The Morgan fingerprint density at radius 2 is 1.89 bits per heavy atom. The van der Waals surface area contributed by atoms with Crippen LogP contribution in [0.2, 0.25) is 5.02 Å². The van der Waals surface area contributed by atoms with Gasteiger partial charge in [-0.3, -0.25) is 4.57 Å². The van der Waals surface area contributed by atoms with Crippen LogP contribution in [0, 0.1) is 5.82 Å². The van der Waals surface area contributed by atoms with Crippen LogP contribution in [-0.2, 0) is 7.05 Å². The number of hydrogen-bond donors (Lipinski definition) is 3. The minimum Gasteiger partial charge on any atom is -0.507 e. The number of phenols is 1. The molecular weight excluding hydrogens is 497 g/mol. The van der Waals surface area contributed by atoms with Crippen molar-refractivity contribution in [3.05, 3.63) is 87.6 Å². The van der Waals surface area contributed by atoms with E-state index in [1.165, 1.54) is 21.3 Å². The van der Waals surface area contributed by atoms with Crippen molar-refractivity contribution in [1.29, 1.82) is 0 Å². The highest BCUT2D eigenvalue weighted by molar-refractivity contribution is 6.32. The fraction of sp³-hybridized carbons (Fsp3) is 0.296. The Labute approximate surface area is 219 Å². The van der Waals surface area contributed by atoms with E-state index in [0.717, 1.165) is 19.6 Å². The van der Waals surface area contributed by atoms with Crippen LogP contribution in [0.5, 0.6) is 5.75 Å². The van der Waals surface area contributed by atoms with Crippen molar-refractivity contribution in [2.75, 3.05) is 26.7 Å². The molecule has 0 saturated carbocycles. The van der Waals surface area contributed by atoms with Crippen LogP contribution in [-0.4, -0.2) is 68.1 Å². The van der Waals surface area contributed by atoms with Crippen LogP contribution in [0.3, 0.4) is 0 Å². The molecule has 5 rings (SSSR count). The number of imidazole rings is 1. The monoisotopic (exact) mass is 525 g/mol. The highest BCUT2D eigenvalue weighted by Crippen LogP contribution is 2.40. The number of allylic oxidation sites excluding steroid dienone is 2. The van der Waals surface area contributed by atoms with Crippen LogP contribution < -0.4 is 11.0 Å². The predicted octanol–water partition coefficient (Wildman–Crippen LogP) is 3.12. The second-order valence-corrected chi connectivity index (χ2v) is 9.98. The Morgan fingerprint density at radius 3 is 2.57 bits per heavy atom. The molecule has 0 spiro atoms. The zero-order valence-corrected chi connectivity index (χ0v) is 21.6. The number of aromatic hydroxyl groups is 1. The zero-order valence-electron chi connectivity index (χ0n) is 20.8. The molecule has 2 atom stereocenters. The van der Waals surface area contributed by atoms with Gasteiger partial charge in [-0.25, -0.2) is 9.18 Å². The molecule has 1 unspecified atom stereocenters. The van der Waals surface area contributed by atoms with Crippen molar-refractivity contribution >= 4 is 17.2 Å². The normalized spacial score (nSPS) is 20.2. The van der Waals surface area contributed by atoms with E-state index in [9.17, 15) is 19.4 Å². The van der Waals surface area contributed by atoms with Gasteiger partial charge in [0.2, 0.25) is 0 Å². The number of nitrogens with zero attached hydrogens (tertiary/aromatic N) is 4. The van der Waals surface area contributed by atoms with E-state index in [-0.39, 0.29) is 28.1 Å². The summed E-state index contributed by atoms with van der Waals surface area (Å²) in [6.07, 6.45) is 5.89. The highest BCUT2D eigenvalue weighted by atomic mass is 35.5. The molecule has 0 amide bonds. The van der Waals surface area contributed by atoms with Gasteiger partial charge in [-0.1, -0.05) is 17.7 Å². The molecule has 0 aliphatic carbocycles. The molecule has 3 N–H and O–H groups in total. The topological polar surface area (TPSA) is 85.9 Å². The third kappa shape index (κ3) is 4.66. The number of halogens is 2. The number of benzene rings is 2. The van der Waals surface area contributed by atoms with Gasteiger partial charge in [0.05, 0.1) is 16.4 Å². The van der Waals surface area contributed by atoms with Gasteiger partial charge in [0.25, 0.3) is 0 Å². The molecule has 2 aliphatic rings. The van der Waals surface area contributed by atoms with E-state index in [2.05, 4.69) is 17.1 Å². The van der Waals surface area contributed by atoms with Gasteiger partial charge in [-0.05, 0) is 42.8 Å². The number of likely N-dealkylation sites (N-methyl/N-ethyl adjacent to an activating group) is 1. The van der Waals surface area contributed by atoms with Crippen molar-refractivity contribution in [3.8, 4) is 22.6 Å². The molecule has 2 aliphatic heterocycles. The Bertz CT molecular complexity index is 1480. The quantitative estimate of drug-likeness (QED) is 0.485. The molecule has 3 heterocycles. The Kier molecular flexibility index (Phi) is 6.61. The lowest BCUT2D eigenvalue weighted by Crippen LogP contribution is -2.51. The van der Waals surface area contributed by atoms with Crippen LogP contribution in [0.4, 0.5) is 4.39 Å². The van der Waals surface area contributed by atoms with Gasteiger partial charge in [0.1, 0.15) is 11.6 Å². The molecular formula is C27H29ClFN5O3. The van der Waals surface area contributed by atoms with E-state index in [1.54, 1.807) is 61.9 Å². The summed E-state index contributed by atoms with van der Waals surface area (Å²) in [6.45, 7) is 4.32. The lowest BCUT2D eigenvalue weighted by Gasteiger charge is -2.40. The molecule has 1 aromatic heterocycles. The van der Waals surface area contributed by atoms with Gasteiger partial charge in [0, 0.05) is 75.1 Å². The summed E-state index contributed by atoms with van der Waals surface area (Å²) in [7, 11) is 3.39. The van der Waals surface area contributed by atoms with Gasteiger partial charge >= 0.3 is 5.69 Å². The minimum absolute atomic E-state index is 0.109. The average Bonchev–Trinajstić information content (AvgIpc) is 3.19. The summed E-state index contributed by atoms with van der Waals surface area (Å²) in [5.74, 6) is -0.634. The number of aromatic nitrogens is 2. The minimum atomic E-state index is -0.850. The van der Waals surface area contributed by atoms with E-state index < -0.39 is 12.0 Å². The molecule has 10 heteroatoms. The summed E-state index contributed by atoms with van der Waals surface area (Å²) in [4.78, 5) is 16.1. The molecule has 2 aromatic carbocycles. The molecule has 0 radical (unpaired) electrons. The molecule has 1 fully saturated rings. The van der Waals surface area contributed by atoms with Gasteiger partial charge in [-0.2, -0.15) is 0 Å². The first kappa shape index (κ1) is 25.1. The van der Waals surface area contributed by atoms with E-state index >= 15 is 0 Å². The van der Waals surface area contributed by atoms with Crippen LogP contribution in [0.1, 0.15) is 12.5 Å². The average molecular weight is 526 g/mol. The van der Waals surface area contributed by atoms with Crippen molar-refractivity contribution in [1.82, 2.24) is 24.3 Å². The summed E-state index contributed by atoms with van der Waals surface area (Å²) in [5, 5.41) is 25.8. The maximum atomic E-state index is 14.9. The second kappa shape index (κ2) is 9.74. The first-order valence-electron chi connectivity index (χ1n) is 12.0. The van der Waals surface area contributed by atoms with Gasteiger partial charge in [0.15, 0.2) is 6.23 Å². The third-order valence-electron chi connectivity index (χ3n) is 6.88. The smallest absolute Gasteiger partial charge is 0.332 e. The number of hydrogen-bond acceptors (Lipinski definition) is 6. The lowest BCUT2D eigenvalue weighted by atomic mass is 9.95. The van der Waals surface area contributed by atoms with Crippen LogP contribution >= 0.6 is 11.6 Å². The summed E-state index contributed by atoms with van der Waals surface area (Å²) in [6, 6.07) is 7.75. The first-order chi connectivity index (χ1) is 17.6. The first-order valence-corrected chi connectivity index (χ1v) is 12.4. The van der Waals surface area contributed by atoms with Crippen molar-refractivity contribution < 1.29 is 14.6 Å². The van der Waals surface area contributed by atoms with E-state index in [4.69, 9.17) is 11.6 Å². The second-order valence-electron chi connectivity index (χ2n) is 9.57. The summed E-state index contributed by atoms with van der Waals surface area (Å²) >= 11 is 6.52. The molecule has 8 nitrogen and oxygen atoms in total. The molecule has 0 bridgehead atoms. The Morgan fingerprint density at radius 1 is 1.14 bits per heavy atom. The maximum absolute atomic E-state index is 14.9. The van der Waals surface area contributed by atoms with Crippen molar-refractivity contribution in [3.63, 3.8) is 0 Å². The SMILES string of the molecule is C[C@@H]1CN(C2=CC(c3cc(F)cc(-c4ccc(-n5ccn(C)c5=O)c(Cl)c4)c3O)=CN(C)C2O)CCN1. The van der Waals surface area contributed by atoms with E-state index in [1.807, 2.05) is 0 Å². The number of aryl methyl sites for hydroxylation is 1. The number of nitrogens with one attached hydrogen (secondary N) is 1. The third-order valence-corrected chi connectivity index (χ3v) is 7.18. The highest BCUT2D eigenvalue weighted by Gasteiger charge is 2.29. The number of aliphatic hydroxyl groups excluding tert-OH is 1. The number of aliphatic hydroxyl groups is 1. The maximum Gasteiger partial charge on any atom is 0.332 e. The van der Waals surface area contributed by atoms with Gasteiger partial charge < -0.3 is 29.9 Å². The van der Waals surface area contributed by atoms with Gasteiger partial charge in [-0.15, -0.1) is 0 Å². The van der Waals surface area contributed by atoms with Crippen LogP contribution in [0.15, 0.2) is 65.5 Å². The number of rotatable bonds is 4. The predicted molar refractivity (Wildman–Crippen MR) is 142 cm³/mol.